The summed E-state index contributed by atoms with van der Waals surface area (Å²) in [6.45, 7) is 2.62. The van der Waals surface area contributed by atoms with Gasteiger partial charge in [0.05, 0.1) is 17.8 Å². The Hall–Kier alpha value is -0.950. The molecule has 10 atom stereocenters. The van der Waals surface area contributed by atoms with E-state index in [-0.39, 0.29) is 41.0 Å². The van der Waals surface area contributed by atoms with Crippen molar-refractivity contribution in [2.24, 2.45) is 34.5 Å². The van der Waals surface area contributed by atoms with Gasteiger partial charge in [-0.3, -0.25) is 0 Å². The van der Waals surface area contributed by atoms with Gasteiger partial charge in [-0.15, -0.1) is 0 Å². The molecule has 0 aromatic rings. The predicted molar refractivity (Wildman–Crippen MR) is 107 cm³/mol. The first-order chi connectivity index (χ1) is 14.3. The van der Waals surface area contributed by atoms with Gasteiger partial charge in [-0.25, -0.2) is 4.79 Å². The fourth-order valence-electron chi connectivity index (χ4n) is 9.24. The standard InChI is InChI=1S/C24H34O6/c1-22-7-5-16-17(24(22,27)8-6-15(22)13-9-20(26)29-12-13)4-3-14-10-19-18(25)11-23(14,16)21(28-2)30-19/h9,14-19,21,25,27H,3-8,10-12H2,1-2H3/t14-,15-,16-,17+,18-,19-,21+,22-,23-,24+/m1/s1. The number of esters is 1. The summed E-state index contributed by atoms with van der Waals surface area (Å²) in [5.74, 6) is 0.931. The third-order valence-corrected chi connectivity index (χ3v) is 10.5. The Balaban J connectivity index is 1.38. The molecule has 6 heteroatoms. The Bertz CT molecular complexity index is 785. The third kappa shape index (κ3) is 2.21. The average Bonchev–Trinajstić information content (AvgIpc) is 3.27. The number of methoxy groups -OCH3 is 1. The number of carbonyl (C=O) groups excluding carboxylic acids is 1. The quantitative estimate of drug-likeness (QED) is 0.671. The van der Waals surface area contributed by atoms with Crippen LogP contribution in [-0.4, -0.2) is 54.0 Å². The number of aliphatic hydroxyl groups is 2. The van der Waals surface area contributed by atoms with Crippen molar-refractivity contribution in [3.63, 3.8) is 0 Å². The first-order valence-electron chi connectivity index (χ1n) is 11.8. The number of cyclic esters (lactones) is 1. The first-order valence-corrected chi connectivity index (χ1v) is 11.8. The Morgan fingerprint density at radius 3 is 2.73 bits per heavy atom. The van der Waals surface area contributed by atoms with E-state index in [1.165, 1.54) is 0 Å². The van der Waals surface area contributed by atoms with Crippen molar-refractivity contribution in [1.29, 1.82) is 0 Å². The molecule has 0 aromatic heterocycles. The lowest BCUT2D eigenvalue weighted by molar-refractivity contribution is -0.361. The molecule has 4 saturated carbocycles. The van der Waals surface area contributed by atoms with Crippen LogP contribution in [0.5, 0.6) is 0 Å². The highest BCUT2D eigenvalue weighted by Gasteiger charge is 2.72. The summed E-state index contributed by atoms with van der Waals surface area (Å²) in [5, 5.41) is 23.1. The van der Waals surface area contributed by atoms with Gasteiger partial charge in [0, 0.05) is 24.0 Å². The minimum Gasteiger partial charge on any atom is -0.458 e. The van der Waals surface area contributed by atoms with Crippen LogP contribution in [0.3, 0.4) is 0 Å². The van der Waals surface area contributed by atoms with Gasteiger partial charge in [0.15, 0.2) is 6.29 Å². The SMILES string of the molecule is CO[C@H]1O[C@@H]2C[C@H]3CC[C@H]4[C@@H](CC[C@]5(C)[C@@H](C6=CC(=O)OC6)CC[C@]45O)[C@@]31C[C@H]2O. The highest BCUT2D eigenvalue weighted by atomic mass is 16.7. The van der Waals surface area contributed by atoms with Crippen molar-refractivity contribution >= 4 is 5.97 Å². The maximum absolute atomic E-state index is 12.3. The van der Waals surface area contributed by atoms with Crippen LogP contribution in [0.2, 0.25) is 0 Å². The largest absolute Gasteiger partial charge is 0.458 e. The van der Waals surface area contributed by atoms with E-state index >= 15 is 0 Å². The lowest BCUT2D eigenvalue weighted by atomic mass is 9.41. The second kappa shape index (κ2) is 6.31. The Morgan fingerprint density at radius 2 is 2.00 bits per heavy atom. The van der Waals surface area contributed by atoms with Gasteiger partial charge in [-0.05, 0) is 80.6 Å². The molecule has 3 heterocycles. The molecule has 7 rings (SSSR count). The lowest BCUT2D eigenvalue weighted by Crippen LogP contribution is -2.70. The van der Waals surface area contributed by atoms with Crippen LogP contribution in [-0.2, 0) is 19.0 Å². The minimum atomic E-state index is -0.760. The normalized spacial score (nSPS) is 56.7. The Labute approximate surface area is 177 Å². The van der Waals surface area contributed by atoms with Crippen molar-refractivity contribution in [3.05, 3.63) is 11.6 Å². The first kappa shape index (κ1) is 19.7. The maximum Gasteiger partial charge on any atom is 0.331 e. The average molecular weight is 419 g/mol. The summed E-state index contributed by atoms with van der Waals surface area (Å²) >= 11 is 0. The van der Waals surface area contributed by atoms with Crippen LogP contribution in [0.1, 0.15) is 58.3 Å². The molecule has 1 spiro atoms. The fourth-order valence-corrected chi connectivity index (χ4v) is 9.24. The van der Waals surface area contributed by atoms with E-state index in [1.807, 2.05) is 0 Å². The summed E-state index contributed by atoms with van der Waals surface area (Å²) in [6.07, 6.45) is 8.18. The van der Waals surface area contributed by atoms with Gasteiger partial charge < -0.3 is 24.4 Å². The second-order valence-electron chi connectivity index (χ2n) is 11.1. The number of hydrogen-bond donors (Lipinski definition) is 2. The molecule has 6 nitrogen and oxygen atoms in total. The van der Waals surface area contributed by atoms with E-state index in [4.69, 9.17) is 14.2 Å². The van der Waals surface area contributed by atoms with Gasteiger partial charge in [-0.1, -0.05) is 6.92 Å². The van der Waals surface area contributed by atoms with Gasteiger partial charge in [0.2, 0.25) is 0 Å². The van der Waals surface area contributed by atoms with E-state index < -0.39 is 11.7 Å². The Morgan fingerprint density at radius 1 is 1.17 bits per heavy atom. The highest BCUT2D eigenvalue weighted by Crippen LogP contribution is 2.72. The fraction of sp³-hybridized carbons (Fsp3) is 0.875. The molecule has 7 aliphatic rings. The van der Waals surface area contributed by atoms with Crippen molar-refractivity contribution < 1.29 is 29.2 Å². The topological polar surface area (TPSA) is 85.2 Å². The highest BCUT2D eigenvalue weighted by molar-refractivity contribution is 5.85. The van der Waals surface area contributed by atoms with E-state index in [9.17, 15) is 15.0 Å². The molecule has 2 bridgehead atoms. The van der Waals surface area contributed by atoms with Gasteiger partial charge in [0.25, 0.3) is 0 Å². The predicted octanol–water partition coefficient (Wildman–Crippen LogP) is 2.57. The van der Waals surface area contributed by atoms with Gasteiger partial charge in [0.1, 0.15) is 6.61 Å². The minimum absolute atomic E-state index is 0.113. The lowest BCUT2D eigenvalue weighted by Gasteiger charge is -2.68. The van der Waals surface area contributed by atoms with Crippen molar-refractivity contribution in [2.45, 2.75) is 82.4 Å². The van der Waals surface area contributed by atoms with Gasteiger partial charge in [-0.2, -0.15) is 0 Å². The van der Waals surface area contributed by atoms with Crippen LogP contribution in [0.4, 0.5) is 0 Å². The number of hydrogen-bond acceptors (Lipinski definition) is 6. The molecular weight excluding hydrogens is 384 g/mol. The summed E-state index contributed by atoms with van der Waals surface area (Å²) in [5.41, 5.74) is -0.141. The molecule has 0 unspecified atom stereocenters. The second-order valence-corrected chi connectivity index (χ2v) is 11.1. The third-order valence-electron chi connectivity index (χ3n) is 10.5. The van der Waals surface area contributed by atoms with Crippen LogP contribution >= 0.6 is 0 Å². The summed E-state index contributed by atoms with van der Waals surface area (Å²) in [4.78, 5) is 11.7. The maximum atomic E-state index is 12.3. The molecule has 0 radical (unpaired) electrons. The van der Waals surface area contributed by atoms with E-state index in [0.717, 1.165) is 56.9 Å². The van der Waals surface area contributed by atoms with Crippen molar-refractivity contribution in [1.82, 2.24) is 0 Å². The monoisotopic (exact) mass is 418 g/mol. The van der Waals surface area contributed by atoms with E-state index in [1.54, 1.807) is 13.2 Å². The molecule has 0 amide bonds. The number of rotatable bonds is 2. The molecule has 166 valence electrons. The van der Waals surface area contributed by atoms with Gasteiger partial charge >= 0.3 is 5.97 Å². The van der Waals surface area contributed by atoms with Crippen LogP contribution < -0.4 is 0 Å². The molecule has 2 N–H and O–H groups in total. The molecule has 0 aromatic carbocycles. The van der Waals surface area contributed by atoms with Crippen LogP contribution in [0.25, 0.3) is 0 Å². The summed E-state index contributed by atoms with van der Waals surface area (Å²) in [7, 11) is 1.73. The summed E-state index contributed by atoms with van der Waals surface area (Å²) in [6, 6.07) is 0. The van der Waals surface area contributed by atoms with Crippen molar-refractivity contribution in [3.8, 4) is 0 Å². The number of ether oxygens (including phenoxy) is 3. The molecule has 2 saturated heterocycles. The number of carbonyl (C=O) groups is 1. The van der Waals surface area contributed by atoms with E-state index in [0.29, 0.717) is 18.4 Å². The van der Waals surface area contributed by atoms with Crippen LogP contribution in [0, 0.1) is 34.5 Å². The number of fused-ring (bicyclic) bond motifs is 5. The Kier molecular flexibility index (Phi) is 4.14. The zero-order valence-corrected chi connectivity index (χ0v) is 18.0. The summed E-state index contributed by atoms with van der Waals surface area (Å²) < 4.78 is 17.3. The smallest absolute Gasteiger partial charge is 0.331 e. The van der Waals surface area contributed by atoms with E-state index in [2.05, 4.69) is 6.92 Å². The molecular formula is C24H34O6. The molecule has 6 fully saturated rings. The molecule has 30 heavy (non-hydrogen) atoms. The molecule has 3 aliphatic heterocycles. The molecule has 4 aliphatic carbocycles. The van der Waals surface area contributed by atoms with Crippen molar-refractivity contribution in [2.75, 3.05) is 13.7 Å². The number of aliphatic hydroxyl groups excluding tert-OH is 1. The van der Waals surface area contributed by atoms with Crippen LogP contribution in [0.15, 0.2) is 11.6 Å². The zero-order valence-electron chi connectivity index (χ0n) is 18.0. The zero-order chi connectivity index (χ0) is 20.9.